The number of hydrogen-bond donors (Lipinski definition) is 3. The number of nitrogens with one attached hydrogen (secondary N) is 1. The molecule has 0 radical (unpaired) electrons. The van der Waals surface area contributed by atoms with Crippen molar-refractivity contribution in [2.75, 3.05) is 6.61 Å². The van der Waals surface area contributed by atoms with E-state index in [1.807, 2.05) is 6.92 Å². The van der Waals surface area contributed by atoms with Crippen molar-refractivity contribution in [3.8, 4) is 0 Å². The molecule has 4 N–H and O–H groups in total. The number of rotatable bonds is 5. The van der Waals surface area contributed by atoms with Crippen molar-refractivity contribution >= 4 is 25.1 Å². The van der Waals surface area contributed by atoms with Crippen LogP contribution in [0.15, 0.2) is 0 Å². The molecular formula is C8H17N2O4PS. The number of nitrogens with two attached hydrogens (primary N) is 1. The van der Waals surface area contributed by atoms with Crippen LogP contribution in [0.25, 0.3) is 0 Å². The molecule has 0 aromatic heterocycles. The first kappa shape index (κ1) is 14.2. The van der Waals surface area contributed by atoms with Gasteiger partial charge in [0.05, 0.1) is 0 Å². The number of hydroxylamine groups is 1. The van der Waals surface area contributed by atoms with Gasteiger partial charge in [0, 0.05) is 11.5 Å². The van der Waals surface area contributed by atoms with Gasteiger partial charge in [-0.05, 0) is 19.8 Å². The lowest BCUT2D eigenvalue weighted by Crippen LogP contribution is -2.47. The Bertz CT molecular complexity index is 271. The van der Waals surface area contributed by atoms with E-state index >= 15 is 0 Å². The molecule has 0 aromatic rings. The molecule has 8 heteroatoms. The molecule has 1 aliphatic rings. The van der Waals surface area contributed by atoms with Gasteiger partial charge >= 0.3 is 0 Å². The lowest BCUT2D eigenvalue weighted by Gasteiger charge is -2.30. The van der Waals surface area contributed by atoms with Crippen molar-refractivity contribution in [3.63, 3.8) is 0 Å². The van der Waals surface area contributed by atoms with Gasteiger partial charge in [-0.25, -0.2) is 0 Å². The maximum absolute atomic E-state index is 10.8. The number of thiocarbonyl (C=S) groups is 1. The molecule has 0 spiro atoms. The van der Waals surface area contributed by atoms with E-state index in [9.17, 15) is 4.57 Å². The van der Waals surface area contributed by atoms with E-state index in [2.05, 4.69) is 5.48 Å². The fraction of sp³-hybridized carbons (Fsp3) is 0.875. The van der Waals surface area contributed by atoms with Crippen molar-refractivity contribution in [2.24, 2.45) is 5.73 Å². The molecule has 0 bridgehead atoms. The zero-order valence-corrected chi connectivity index (χ0v) is 10.8. The fourth-order valence-corrected chi connectivity index (χ4v) is 2.32. The molecule has 0 amide bonds. The molecule has 3 unspecified atom stereocenters. The maximum atomic E-state index is 10.8. The Kier molecular flexibility index (Phi) is 5.99. The van der Waals surface area contributed by atoms with Crippen molar-refractivity contribution in [3.05, 3.63) is 0 Å². The third-order valence-corrected chi connectivity index (χ3v) is 3.86. The van der Waals surface area contributed by atoms with Gasteiger partial charge in [-0.15, -0.1) is 0 Å². The Balaban J connectivity index is 2.41. The van der Waals surface area contributed by atoms with E-state index in [1.165, 1.54) is 0 Å². The van der Waals surface area contributed by atoms with Crippen molar-refractivity contribution in [1.82, 2.24) is 5.48 Å². The summed E-state index contributed by atoms with van der Waals surface area (Å²) in [4.78, 5) is 14.4. The second kappa shape index (κ2) is 6.76. The van der Waals surface area contributed by atoms with Gasteiger partial charge in [0.25, 0.3) is 0 Å². The van der Waals surface area contributed by atoms with Gasteiger partial charge in [-0.1, -0.05) is 12.2 Å². The minimum Gasteiger partial charge on any atom is -0.362 e. The van der Waals surface area contributed by atoms with Crippen molar-refractivity contribution in [1.29, 1.82) is 0 Å². The monoisotopic (exact) mass is 268 g/mol. The van der Waals surface area contributed by atoms with E-state index in [1.54, 1.807) is 0 Å². The highest BCUT2D eigenvalue weighted by Crippen LogP contribution is 2.24. The van der Waals surface area contributed by atoms with Gasteiger partial charge in [0.2, 0.25) is 8.03 Å². The highest BCUT2D eigenvalue weighted by Gasteiger charge is 2.29. The Morgan fingerprint density at radius 3 is 2.94 bits per heavy atom. The average molecular weight is 268 g/mol. The molecule has 0 saturated carbocycles. The predicted octanol–water partition coefficient (Wildman–Crippen LogP) is 0.154. The zero-order chi connectivity index (χ0) is 12.1. The van der Waals surface area contributed by atoms with Crippen LogP contribution < -0.4 is 11.2 Å². The van der Waals surface area contributed by atoms with E-state index in [4.69, 9.17) is 32.4 Å². The molecule has 1 saturated heterocycles. The molecule has 1 heterocycles. The fourth-order valence-electron chi connectivity index (χ4n) is 1.42. The second-order valence-electron chi connectivity index (χ2n) is 3.46. The SMILES string of the molecule is CCO[C@H]1CCC(C(=S)C(N)[PH](=O)O)ON1. The molecule has 4 atom stereocenters. The summed E-state index contributed by atoms with van der Waals surface area (Å²) in [7, 11) is -2.84. The second-order valence-corrected chi connectivity index (χ2v) is 5.23. The molecule has 0 aliphatic carbocycles. The van der Waals surface area contributed by atoms with Crippen LogP contribution in [0.2, 0.25) is 0 Å². The predicted molar refractivity (Wildman–Crippen MR) is 64.5 cm³/mol. The van der Waals surface area contributed by atoms with Crippen LogP contribution in [0.5, 0.6) is 0 Å². The molecule has 0 aromatic carbocycles. The molecule has 6 nitrogen and oxygen atoms in total. The van der Waals surface area contributed by atoms with Gasteiger partial charge in [-0.2, -0.15) is 5.48 Å². The lowest BCUT2D eigenvalue weighted by atomic mass is 10.1. The van der Waals surface area contributed by atoms with E-state index < -0.39 is 19.9 Å². The Morgan fingerprint density at radius 1 is 1.81 bits per heavy atom. The quantitative estimate of drug-likeness (QED) is 0.483. The Morgan fingerprint density at radius 2 is 2.50 bits per heavy atom. The summed E-state index contributed by atoms with van der Waals surface area (Å²) in [5, 5.41) is 0. The summed E-state index contributed by atoms with van der Waals surface area (Å²) in [6, 6.07) is 0. The van der Waals surface area contributed by atoms with Crippen LogP contribution in [0.1, 0.15) is 19.8 Å². The van der Waals surface area contributed by atoms with Crippen LogP contribution in [-0.2, 0) is 14.1 Å². The van der Waals surface area contributed by atoms with Crippen molar-refractivity contribution < 1.29 is 19.0 Å². The first-order valence-corrected chi connectivity index (χ1v) is 6.95. The van der Waals surface area contributed by atoms with Crippen molar-refractivity contribution in [2.45, 2.75) is 37.9 Å². The third kappa shape index (κ3) is 3.85. The minimum absolute atomic E-state index is 0.147. The molecule has 94 valence electrons. The topological polar surface area (TPSA) is 93.8 Å². The van der Waals surface area contributed by atoms with E-state index in [0.29, 0.717) is 13.0 Å². The Hall–Kier alpha value is 0.120. The number of ether oxygens (including phenoxy) is 1. The molecule has 16 heavy (non-hydrogen) atoms. The summed E-state index contributed by atoms with van der Waals surface area (Å²) in [5.74, 6) is -0.976. The van der Waals surface area contributed by atoms with Crippen LogP contribution >= 0.6 is 20.2 Å². The van der Waals surface area contributed by atoms with Gasteiger partial charge < -0.3 is 15.4 Å². The standard InChI is InChI=1S/C8H17N2O4PS/c1-2-13-6-4-3-5(14-10-6)7(16)8(9)15(11)12/h5-6,8,10,15H,2-4,9H2,1H3,(H,11,12)/t5?,6-,8?/m0/s1. The van der Waals surface area contributed by atoms with Crippen LogP contribution in [-0.4, -0.2) is 34.5 Å². The molecular weight excluding hydrogens is 251 g/mol. The normalized spacial score (nSPS) is 29.7. The van der Waals surface area contributed by atoms with E-state index in [0.717, 1.165) is 6.42 Å². The van der Waals surface area contributed by atoms with Crippen LogP contribution in [0.3, 0.4) is 0 Å². The van der Waals surface area contributed by atoms with Gasteiger partial charge in [0.15, 0.2) is 0 Å². The molecule has 1 rings (SSSR count). The van der Waals surface area contributed by atoms with Gasteiger partial charge in [-0.3, -0.25) is 9.40 Å². The third-order valence-electron chi connectivity index (χ3n) is 2.29. The summed E-state index contributed by atoms with van der Waals surface area (Å²) >= 11 is 5.01. The molecule has 1 aliphatic heterocycles. The van der Waals surface area contributed by atoms with Gasteiger partial charge in [0.1, 0.15) is 18.1 Å². The summed E-state index contributed by atoms with van der Waals surface area (Å²) in [6.45, 7) is 2.49. The summed E-state index contributed by atoms with van der Waals surface area (Å²) in [6.07, 6.45) is 0.825. The zero-order valence-electron chi connectivity index (χ0n) is 9.01. The highest BCUT2D eigenvalue weighted by atomic mass is 32.1. The summed E-state index contributed by atoms with van der Waals surface area (Å²) < 4.78 is 16.1. The van der Waals surface area contributed by atoms with Crippen LogP contribution in [0, 0.1) is 0 Å². The van der Waals surface area contributed by atoms with E-state index in [-0.39, 0.29) is 11.1 Å². The first-order valence-electron chi connectivity index (χ1n) is 5.11. The molecule has 1 fully saturated rings. The maximum Gasteiger partial charge on any atom is 0.210 e. The minimum atomic E-state index is -2.84. The largest absolute Gasteiger partial charge is 0.362 e. The summed E-state index contributed by atoms with van der Waals surface area (Å²) in [5.41, 5.74) is 8.19. The smallest absolute Gasteiger partial charge is 0.210 e. The Labute approximate surface area is 100 Å². The average Bonchev–Trinajstić information content (AvgIpc) is 2.28. The van der Waals surface area contributed by atoms with Crippen LogP contribution in [0.4, 0.5) is 0 Å². The first-order chi connectivity index (χ1) is 7.56. The highest BCUT2D eigenvalue weighted by molar-refractivity contribution is 7.81. The number of hydrogen-bond acceptors (Lipinski definition) is 6. The lowest BCUT2D eigenvalue weighted by molar-refractivity contribution is -0.136.